The minimum atomic E-state index is -0.458. The van der Waals surface area contributed by atoms with Crippen molar-refractivity contribution in [3.8, 4) is 12.1 Å². The van der Waals surface area contributed by atoms with Crippen LogP contribution in [-0.2, 0) is 11.3 Å². The molecule has 4 aromatic rings. The van der Waals surface area contributed by atoms with Crippen molar-refractivity contribution in [2.45, 2.75) is 6.54 Å². The molecule has 3 aromatic carbocycles. The number of nitrogens with zero attached hydrogens (tertiary/aromatic N) is 3. The lowest BCUT2D eigenvalue weighted by molar-refractivity contribution is -0.112. The number of aromatic nitrogens is 1. The summed E-state index contributed by atoms with van der Waals surface area (Å²) in [5.41, 5.74) is 3.90. The van der Waals surface area contributed by atoms with E-state index in [0.717, 1.165) is 22.0 Å². The van der Waals surface area contributed by atoms with Crippen molar-refractivity contribution in [3.63, 3.8) is 0 Å². The number of hydrogen-bond acceptors (Lipinski definition) is 3. The predicted molar refractivity (Wildman–Crippen MR) is 121 cm³/mol. The molecule has 0 unspecified atom stereocenters. The molecular weight excluding hydrogens is 384 g/mol. The zero-order chi connectivity index (χ0) is 21.6. The van der Waals surface area contributed by atoms with E-state index in [-0.39, 0.29) is 5.57 Å². The van der Waals surface area contributed by atoms with E-state index in [1.807, 2.05) is 77.5 Å². The summed E-state index contributed by atoms with van der Waals surface area (Å²) in [6.45, 7) is 0.510. The summed E-state index contributed by atoms with van der Waals surface area (Å²) in [7, 11) is 0. The summed E-state index contributed by atoms with van der Waals surface area (Å²) in [5, 5.41) is 22.7. The molecule has 148 valence electrons. The van der Waals surface area contributed by atoms with Crippen molar-refractivity contribution in [1.82, 2.24) is 4.57 Å². The molecule has 0 aliphatic rings. The number of carbonyl (C=O) groups excluding carboxylic acids is 1. The standard InChI is InChI=1S/C26H18N4O/c27-15-19-8-4-5-9-20(19)17-30-18-22(24-12-6-7-13-25(24)30)14-21(16-28)26(31)29-23-10-2-1-3-11-23/h1-14,18H,17H2,(H,29,31)/b21-14+. The Labute approximate surface area is 180 Å². The van der Waals surface area contributed by atoms with Gasteiger partial charge in [-0.3, -0.25) is 4.79 Å². The lowest BCUT2D eigenvalue weighted by Crippen LogP contribution is -2.13. The van der Waals surface area contributed by atoms with Crippen molar-refractivity contribution < 1.29 is 4.79 Å². The maximum atomic E-state index is 12.6. The first kappa shape index (κ1) is 19.7. The summed E-state index contributed by atoms with van der Waals surface area (Å²) in [5.74, 6) is -0.458. The van der Waals surface area contributed by atoms with Crippen LogP contribution in [0.2, 0.25) is 0 Å². The van der Waals surface area contributed by atoms with Gasteiger partial charge in [0.15, 0.2) is 0 Å². The predicted octanol–water partition coefficient (Wildman–Crippen LogP) is 5.11. The van der Waals surface area contributed by atoms with Crippen molar-refractivity contribution in [3.05, 3.63) is 107 Å². The van der Waals surface area contributed by atoms with E-state index in [0.29, 0.717) is 17.8 Å². The van der Waals surface area contributed by atoms with Crippen molar-refractivity contribution in [1.29, 1.82) is 10.5 Å². The molecule has 5 heteroatoms. The first-order valence-electron chi connectivity index (χ1n) is 9.73. The van der Waals surface area contributed by atoms with E-state index in [9.17, 15) is 15.3 Å². The number of nitrogens with one attached hydrogen (secondary N) is 1. The van der Waals surface area contributed by atoms with Gasteiger partial charge in [-0.1, -0.05) is 54.6 Å². The van der Waals surface area contributed by atoms with Crippen molar-refractivity contribution >= 4 is 28.6 Å². The fourth-order valence-corrected chi connectivity index (χ4v) is 3.50. The third-order valence-corrected chi connectivity index (χ3v) is 4.99. The number of hydrogen-bond donors (Lipinski definition) is 1. The lowest BCUT2D eigenvalue weighted by Gasteiger charge is -2.07. The number of anilines is 1. The normalized spacial score (nSPS) is 11.0. The van der Waals surface area contributed by atoms with Gasteiger partial charge in [-0.05, 0) is 35.9 Å². The monoisotopic (exact) mass is 402 g/mol. The zero-order valence-electron chi connectivity index (χ0n) is 16.6. The van der Waals surface area contributed by atoms with Crippen LogP contribution in [0.5, 0.6) is 0 Å². The number of para-hydroxylation sites is 2. The van der Waals surface area contributed by atoms with Crippen molar-refractivity contribution in [2.75, 3.05) is 5.32 Å². The van der Waals surface area contributed by atoms with Crippen molar-refractivity contribution in [2.24, 2.45) is 0 Å². The van der Waals surface area contributed by atoms with Crippen LogP contribution in [0.25, 0.3) is 17.0 Å². The number of fused-ring (bicyclic) bond motifs is 1. The summed E-state index contributed by atoms with van der Waals surface area (Å²) < 4.78 is 2.03. The van der Waals surface area contributed by atoms with Crippen LogP contribution >= 0.6 is 0 Å². The average Bonchev–Trinajstić information content (AvgIpc) is 3.15. The number of amides is 1. The van der Waals surface area contributed by atoms with Gasteiger partial charge >= 0.3 is 0 Å². The number of rotatable bonds is 5. The van der Waals surface area contributed by atoms with Crippen LogP contribution in [0, 0.1) is 22.7 Å². The molecule has 1 N–H and O–H groups in total. The van der Waals surface area contributed by atoms with Gasteiger partial charge < -0.3 is 9.88 Å². The highest BCUT2D eigenvalue weighted by Crippen LogP contribution is 2.25. The molecule has 0 radical (unpaired) electrons. The molecule has 0 saturated carbocycles. The van der Waals surface area contributed by atoms with Gasteiger partial charge in [-0.15, -0.1) is 0 Å². The second kappa shape index (κ2) is 8.82. The summed E-state index contributed by atoms with van der Waals surface area (Å²) >= 11 is 0. The second-order valence-electron chi connectivity index (χ2n) is 6.99. The largest absolute Gasteiger partial charge is 0.342 e. The van der Waals surface area contributed by atoms with E-state index >= 15 is 0 Å². The second-order valence-corrected chi connectivity index (χ2v) is 6.99. The molecule has 1 amide bonds. The topological polar surface area (TPSA) is 81.6 Å². The summed E-state index contributed by atoms with van der Waals surface area (Å²) in [6.07, 6.45) is 3.51. The molecule has 0 aliphatic heterocycles. The molecule has 4 rings (SSSR count). The highest BCUT2D eigenvalue weighted by Gasteiger charge is 2.13. The van der Waals surface area contributed by atoms with Crippen LogP contribution in [0.3, 0.4) is 0 Å². The lowest BCUT2D eigenvalue weighted by atomic mass is 10.1. The zero-order valence-corrected chi connectivity index (χ0v) is 16.6. The Morgan fingerprint density at radius 3 is 2.42 bits per heavy atom. The molecule has 31 heavy (non-hydrogen) atoms. The van der Waals surface area contributed by atoms with E-state index < -0.39 is 5.91 Å². The molecule has 1 aromatic heterocycles. The van der Waals surface area contributed by atoms with Crippen LogP contribution in [-0.4, -0.2) is 10.5 Å². The molecule has 0 aliphatic carbocycles. The van der Waals surface area contributed by atoms with Gasteiger partial charge in [0.2, 0.25) is 0 Å². The van der Waals surface area contributed by atoms with Gasteiger partial charge in [0.1, 0.15) is 11.6 Å². The highest BCUT2D eigenvalue weighted by molar-refractivity contribution is 6.10. The first-order chi connectivity index (χ1) is 15.2. The molecule has 5 nitrogen and oxygen atoms in total. The number of carbonyl (C=O) groups is 1. The van der Waals surface area contributed by atoms with Crippen LogP contribution < -0.4 is 5.32 Å². The van der Waals surface area contributed by atoms with Gasteiger partial charge in [-0.2, -0.15) is 10.5 Å². The Morgan fingerprint density at radius 1 is 0.935 bits per heavy atom. The average molecular weight is 402 g/mol. The van der Waals surface area contributed by atoms with Crippen LogP contribution in [0.4, 0.5) is 5.69 Å². The first-order valence-corrected chi connectivity index (χ1v) is 9.73. The molecule has 0 bridgehead atoms. The summed E-state index contributed by atoms with van der Waals surface area (Å²) in [4.78, 5) is 12.6. The fraction of sp³-hybridized carbons (Fsp3) is 0.0385. The third-order valence-electron chi connectivity index (χ3n) is 4.99. The van der Waals surface area contributed by atoms with E-state index in [1.165, 1.54) is 0 Å². The Kier molecular flexibility index (Phi) is 5.60. The Balaban J connectivity index is 1.71. The van der Waals surface area contributed by atoms with Crippen LogP contribution in [0.1, 0.15) is 16.7 Å². The van der Waals surface area contributed by atoms with Gasteiger partial charge in [0.25, 0.3) is 5.91 Å². The Morgan fingerprint density at radius 2 is 1.65 bits per heavy atom. The minimum absolute atomic E-state index is 0.0178. The van der Waals surface area contributed by atoms with Gasteiger partial charge in [0, 0.05) is 34.9 Å². The summed E-state index contributed by atoms with van der Waals surface area (Å²) in [6, 6.07) is 28.5. The van der Waals surface area contributed by atoms with E-state index in [4.69, 9.17) is 0 Å². The number of nitriles is 2. The minimum Gasteiger partial charge on any atom is -0.342 e. The molecule has 0 atom stereocenters. The van der Waals surface area contributed by atoms with E-state index in [2.05, 4.69) is 11.4 Å². The fourth-order valence-electron chi connectivity index (χ4n) is 3.50. The van der Waals surface area contributed by atoms with Crippen LogP contribution in [0.15, 0.2) is 90.6 Å². The Hall–Kier alpha value is -4.61. The number of benzene rings is 3. The quantitative estimate of drug-likeness (QED) is 0.372. The van der Waals surface area contributed by atoms with Gasteiger partial charge in [0.05, 0.1) is 11.6 Å². The Bertz CT molecular complexity index is 1370. The van der Waals surface area contributed by atoms with E-state index in [1.54, 1.807) is 24.3 Å². The molecule has 0 saturated heterocycles. The maximum absolute atomic E-state index is 12.6. The molecule has 1 heterocycles. The highest BCUT2D eigenvalue weighted by atomic mass is 16.1. The molecule has 0 spiro atoms. The molecular formula is C26H18N4O. The maximum Gasteiger partial charge on any atom is 0.266 e. The molecule has 0 fully saturated rings. The SMILES string of the molecule is N#C/C(=C\c1cn(Cc2ccccc2C#N)c2ccccc12)C(=O)Nc1ccccc1. The third kappa shape index (κ3) is 4.22. The van der Waals surface area contributed by atoms with Gasteiger partial charge in [-0.25, -0.2) is 0 Å². The smallest absolute Gasteiger partial charge is 0.266 e.